The molecule has 4 rings (SSSR count). The number of phenols is 1. The van der Waals surface area contributed by atoms with E-state index in [2.05, 4.69) is 0 Å². The van der Waals surface area contributed by atoms with Gasteiger partial charge in [0.1, 0.15) is 22.8 Å². The summed E-state index contributed by atoms with van der Waals surface area (Å²) in [5.41, 5.74) is 3.09. The lowest BCUT2D eigenvalue weighted by atomic mass is 9.57. The molecule has 11 nitrogen and oxygen atoms in total. The third kappa shape index (κ3) is 3.46. The van der Waals surface area contributed by atoms with Crippen LogP contribution in [0.15, 0.2) is 29.0 Å². The van der Waals surface area contributed by atoms with Gasteiger partial charge in [-0.3, -0.25) is 19.3 Å². The number of aliphatic hydroxyl groups is 3. The summed E-state index contributed by atoms with van der Waals surface area (Å²) in [5.74, 6) is -6.68. The summed E-state index contributed by atoms with van der Waals surface area (Å²) in [6, 6.07) is 1.98. The van der Waals surface area contributed by atoms with E-state index in [0.717, 1.165) is 5.56 Å². The number of hydrogen-bond donors (Lipinski definition) is 5. The van der Waals surface area contributed by atoms with Crippen molar-refractivity contribution in [2.45, 2.75) is 31.0 Å². The van der Waals surface area contributed by atoms with E-state index in [-0.39, 0.29) is 29.7 Å². The zero-order valence-corrected chi connectivity index (χ0v) is 19.9. The lowest BCUT2D eigenvalue weighted by molar-refractivity contribution is -0.153. The number of likely N-dealkylation sites (N-methyl/N-ethyl adjacent to an activating group) is 1. The van der Waals surface area contributed by atoms with Gasteiger partial charge < -0.3 is 31.0 Å². The molecule has 0 aromatic heterocycles. The summed E-state index contributed by atoms with van der Waals surface area (Å²) in [6.07, 6.45) is 0.275. The molecule has 11 heteroatoms. The first kappa shape index (κ1) is 24.9. The fraction of sp³-hybridized carbons (Fsp3) is 0.458. The van der Waals surface area contributed by atoms with E-state index in [4.69, 9.17) is 10.6 Å². The second kappa shape index (κ2) is 8.45. The van der Waals surface area contributed by atoms with Gasteiger partial charge in [0.15, 0.2) is 11.4 Å². The van der Waals surface area contributed by atoms with Crippen molar-refractivity contribution in [2.24, 2.45) is 17.6 Å². The Hall–Kier alpha value is -3.25. The van der Waals surface area contributed by atoms with E-state index in [9.17, 15) is 34.8 Å². The molecule has 0 spiro atoms. The molecule has 1 aromatic carbocycles. The van der Waals surface area contributed by atoms with Crippen LogP contribution in [0.4, 0.5) is 0 Å². The number of carbonyl (C=O) groups is 3. The number of nitrogens with zero attached hydrogens (tertiary/aromatic N) is 2. The maximum absolute atomic E-state index is 13.8. The van der Waals surface area contributed by atoms with E-state index >= 15 is 0 Å². The number of amides is 1. The zero-order valence-electron chi connectivity index (χ0n) is 19.9. The highest BCUT2D eigenvalue weighted by Gasteiger charge is 2.64. The minimum Gasteiger partial charge on any atom is -0.508 e. The number of hydrogen-bond acceptors (Lipinski definition) is 10. The van der Waals surface area contributed by atoms with Crippen LogP contribution in [0.1, 0.15) is 23.1 Å². The number of benzene rings is 1. The topological polar surface area (TPSA) is 174 Å². The first-order valence-electron chi connectivity index (χ1n) is 11.1. The molecule has 3 aliphatic carbocycles. The minimum atomic E-state index is -2.64. The van der Waals surface area contributed by atoms with Crippen LogP contribution in [-0.4, -0.2) is 87.8 Å². The van der Waals surface area contributed by atoms with Gasteiger partial charge in [-0.1, -0.05) is 6.07 Å². The molecule has 1 amide bonds. The summed E-state index contributed by atoms with van der Waals surface area (Å²) in [7, 11) is 6.34. The van der Waals surface area contributed by atoms with Gasteiger partial charge in [-0.15, -0.1) is 0 Å². The Bertz CT molecular complexity index is 1200. The first-order chi connectivity index (χ1) is 16.4. The minimum absolute atomic E-state index is 0.0426. The maximum atomic E-state index is 13.8. The lowest BCUT2D eigenvalue weighted by Crippen LogP contribution is -2.65. The summed E-state index contributed by atoms with van der Waals surface area (Å²) in [6.45, 7) is 0.333. The second-order valence-corrected chi connectivity index (χ2v) is 9.53. The van der Waals surface area contributed by atoms with Crippen LogP contribution in [0.2, 0.25) is 0 Å². The van der Waals surface area contributed by atoms with Crippen LogP contribution in [-0.2, 0) is 32.2 Å². The maximum Gasteiger partial charge on any atom is 0.255 e. The number of hydroxylamine groups is 2. The number of carbonyl (C=O) groups excluding carboxylic acids is 3. The molecule has 35 heavy (non-hydrogen) atoms. The third-order valence-electron chi connectivity index (χ3n) is 7.41. The number of primary amides is 1. The van der Waals surface area contributed by atoms with Crippen molar-refractivity contribution in [1.29, 1.82) is 0 Å². The number of fused-ring (bicyclic) bond motifs is 3. The monoisotopic (exact) mass is 487 g/mol. The highest BCUT2D eigenvalue weighted by Crippen LogP contribution is 2.52. The highest BCUT2D eigenvalue weighted by atomic mass is 16.7. The van der Waals surface area contributed by atoms with Crippen LogP contribution >= 0.6 is 0 Å². The van der Waals surface area contributed by atoms with Crippen molar-refractivity contribution in [2.75, 3.05) is 28.3 Å². The Morgan fingerprint density at radius 3 is 2.43 bits per heavy atom. The summed E-state index contributed by atoms with van der Waals surface area (Å²) in [4.78, 5) is 45.5. The lowest BCUT2D eigenvalue weighted by Gasteiger charge is -2.50. The van der Waals surface area contributed by atoms with Gasteiger partial charge in [-0.05, 0) is 50.0 Å². The summed E-state index contributed by atoms with van der Waals surface area (Å²) >= 11 is 0. The van der Waals surface area contributed by atoms with Gasteiger partial charge in [0.05, 0.1) is 18.7 Å². The predicted octanol–water partition coefficient (Wildman–Crippen LogP) is -0.0428. The normalized spacial score (nSPS) is 28.4. The first-order valence-corrected chi connectivity index (χ1v) is 11.1. The van der Waals surface area contributed by atoms with Crippen LogP contribution in [0.3, 0.4) is 0 Å². The number of aromatic hydroxyl groups is 1. The Morgan fingerprint density at radius 1 is 1.20 bits per heavy atom. The number of phenolic OH excluding ortho intramolecular Hbond substituents is 1. The number of rotatable bonds is 5. The van der Waals surface area contributed by atoms with Crippen molar-refractivity contribution in [3.8, 4) is 5.75 Å². The van der Waals surface area contributed by atoms with E-state index < -0.39 is 58.0 Å². The summed E-state index contributed by atoms with van der Waals surface area (Å²) < 4.78 is 0. The molecule has 0 bridgehead atoms. The molecule has 0 unspecified atom stereocenters. The van der Waals surface area contributed by atoms with Gasteiger partial charge in [0.2, 0.25) is 5.78 Å². The molecule has 1 fully saturated rings. The van der Waals surface area contributed by atoms with Crippen LogP contribution < -0.4 is 5.73 Å². The van der Waals surface area contributed by atoms with Crippen LogP contribution in [0, 0.1) is 11.8 Å². The van der Waals surface area contributed by atoms with E-state index in [1.54, 1.807) is 32.3 Å². The van der Waals surface area contributed by atoms with Gasteiger partial charge in [-0.2, -0.15) is 5.06 Å². The van der Waals surface area contributed by atoms with Crippen molar-refractivity contribution in [3.63, 3.8) is 0 Å². The second-order valence-electron chi connectivity index (χ2n) is 9.53. The van der Waals surface area contributed by atoms with E-state index in [1.807, 2.05) is 0 Å². The van der Waals surface area contributed by atoms with Crippen LogP contribution in [0.25, 0.3) is 5.76 Å². The van der Waals surface area contributed by atoms with E-state index in [0.29, 0.717) is 12.1 Å². The number of ketones is 2. The smallest absolute Gasteiger partial charge is 0.255 e. The molecular formula is C24H29N3O8. The molecule has 188 valence electrons. The van der Waals surface area contributed by atoms with Gasteiger partial charge in [0.25, 0.3) is 5.91 Å². The highest BCUT2D eigenvalue weighted by molar-refractivity contribution is 6.24. The van der Waals surface area contributed by atoms with Crippen LogP contribution in [0.5, 0.6) is 5.75 Å². The van der Waals surface area contributed by atoms with Crippen molar-refractivity contribution < 1.29 is 39.6 Å². The van der Waals surface area contributed by atoms with E-state index in [1.165, 1.54) is 18.1 Å². The fourth-order valence-corrected chi connectivity index (χ4v) is 5.76. The Kier molecular flexibility index (Phi) is 6.00. The fourth-order valence-electron chi connectivity index (χ4n) is 5.76. The molecule has 1 aromatic rings. The van der Waals surface area contributed by atoms with Gasteiger partial charge in [0, 0.05) is 25.1 Å². The number of Topliss-reactive ketones (excluding diaryl/α,β-unsaturated/α-hetero) is 2. The van der Waals surface area contributed by atoms with Gasteiger partial charge in [-0.25, -0.2) is 0 Å². The largest absolute Gasteiger partial charge is 0.508 e. The van der Waals surface area contributed by atoms with Gasteiger partial charge >= 0.3 is 0 Å². The molecule has 3 aliphatic rings. The quantitative estimate of drug-likeness (QED) is 0.280. The molecular weight excluding hydrogens is 458 g/mol. The molecule has 0 aliphatic heterocycles. The summed E-state index contributed by atoms with van der Waals surface area (Å²) in [5, 5.41) is 45.7. The number of nitrogens with two attached hydrogens (primary N) is 1. The zero-order chi connectivity index (χ0) is 26.0. The van der Waals surface area contributed by atoms with Crippen molar-refractivity contribution >= 4 is 23.2 Å². The Labute approximate surface area is 201 Å². The standard InChI is InChI=1S/C24H29N3O8/c1-26(2)18-13-8-11-7-12-10(9-27(3)35-4)5-6-14(28)16(12)19(29)15(11)21(31)24(13,34)22(32)17(20(18)30)23(25)33/h5-6,11,13,18,28-29,32,34H,7-9H2,1-4H3,(H2,25,33)/t11-,13-,18-,24-/m1/s1. The molecule has 0 radical (unpaired) electrons. The average Bonchev–Trinajstić information content (AvgIpc) is 2.77. The SMILES string of the molecule is CON(C)Cc1ccc(O)c2c1C[C@@H]1C[C@@H]3[C@@H](N(C)C)C(=O)C(C(N)=O)=C(O)[C@]3(O)C(=O)C1=C2O. The third-order valence-corrected chi connectivity index (χ3v) is 7.41. The average molecular weight is 488 g/mol. The molecule has 4 atom stereocenters. The molecule has 0 heterocycles. The Morgan fingerprint density at radius 2 is 1.86 bits per heavy atom. The van der Waals surface area contributed by atoms with Crippen molar-refractivity contribution in [3.05, 3.63) is 45.7 Å². The molecule has 6 N–H and O–H groups in total. The Balaban J connectivity index is 1.94. The number of aliphatic hydroxyl groups excluding tert-OH is 2. The predicted molar refractivity (Wildman–Crippen MR) is 123 cm³/mol. The molecule has 1 saturated carbocycles. The molecule has 0 saturated heterocycles. The van der Waals surface area contributed by atoms with Crippen molar-refractivity contribution in [1.82, 2.24) is 9.96 Å².